The highest BCUT2D eigenvalue weighted by Crippen LogP contribution is 2.63. The Morgan fingerprint density at radius 1 is 1.24 bits per heavy atom. The summed E-state index contributed by atoms with van der Waals surface area (Å²) in [7, 11) is 0. The van der Waals surface area contributed by atoms with Crippen molar-refractivity contribution in [3.63, 3.8) is 0 Å². The topological polar surface area (TPSA) is 106 Å². The number of likely N-dealkylation sites (tertiary alicyclic amines) is 1. The summed E-state index contributed by atoms with van der Waals surface area (Å²) in [5.41, 5.74) is 5.78. The van der Waals surface area contributed by atoms with Gasteiger partial charge in [0.15, 0.2) is 0 Å². The quantitative estimate of drug-likeness (QED) is 0.531. The lowest BCUT2D eigenvalue weighted by molar-refractivity contribution is -0.136. The standard InChI is InChI=1S/C30H30N6O2/c1-4-24(38)36-15-30(16-36)5-8-35(14-30)28-21(13-31)25(19-9-17-10-22(26(19)34-28)29(17,2)3)20-11-18(37)12-23-27(20)33-7-6-32-23/h4,6-7,11-12,17,22,37H,1,5,8-10,14-16H2,2-3H3/t17-,22-/m0/s1. The van der Waals surface area contributed by atoms with Crippen molar-refractivity contribution in [2.45, 2.75) is 39.0 Å². The molecule has 2 atom stereocenters. The fourth-order valence-electron chi connectivity index (χ4n) is 7.50. The molecule has 38 heavy (non-hydrogen) atoms. The van der Waals surface area contributed by atoms with Gasteiger partial charge in [-0.1, -0.05) is 20.4 Å². The van der Waals surface area contributed by atoms with Gasteiger partial charge in [0.05, 0.1) is 16.7 Å². The van der Waals surface area contributed by atoms with Crippen LogP contribution in [0.15, 0.2) is 37.2 Å². The first kappa shape index (κ1) is 23.2. The van der Waals surface area contributed by atoms with Crippen LogP contribution in [0.5, 0.6) is 5.75 Å². The predicted octanol–water partition coefficient (Wildman–Crippen LogP) is 4.18. The Balaban J connectivity index is 1.40. The summed E-state index contributed by atoms with van der Waals surface area (Å²) in [5.74, 6) is 1.66. The van der Waals surface area contributed by atoms with Gasteiger partial charge in [-0.2, -0.15) is 5.26 Å². The van der Waals surface area contributed by atoms with E-state index in [0.717, 1.165) is 54.7 Å². The van der Waals surface area contributed by atoms with Gasteiger partial charge in [-0.15, -0.1) is 0 Å². The maximum Gasteiger partial charge on any atom is 0.245 e. The highest BCUT2D eigenvalue weighted by atomic mass is 16.3. The number of phenolic OH excluding ortho intramolecular Hbond substituents is 1. The summed E-state index contributed by atoms with van der Waals surface area (Å²) in [6, 6.07) is 5.85. The van der Waals surface area contributed by atoms with Gasteiger partial charge in [0, 0.05) is 67.1 Å². The van der Waals surface area contributed by atoms with Gasteiger partial charge in [0.1, 0.15) is 23.2 Å². The van der Waals surface area contributed by atoms with Gasteiger partial charge in [-0.3, -0.25) is 14.8 Å². The highest BCUT2D eigenvalue weighted by Gasteiger charge is 2.55. The Bertz CT molecular complexity index is 1580. The van der Waals surface area contributed by atoms with Gasteiger partial charge < -0.3 is 14.9 Å². The van der Waals surface area contributed by atoms with Gasteiger partial charge >= 0.3 is 0 Å². The fraction of sp³-hybridized carbons (Fsp3) is 0.433. The van der Waals surface area contributed by atoms with Crippen LogP contribution >= 0.6 is 0 Å². The monoisotopic (exact) mass is 506 g/mol. The second kappa shape index (κ2) is 7.76. The number of phenols is 1. The van der Waals surface area contributed by atoms with Crippen LogP contribution in [-0.2, 0) is 11.2 Å². The number of aromatic nitrogens is 3. The molecule has 4 heterocycles. The molecule has 0 unspecified atom stereocenters. The molecule has 2 aliphatic heterocycles. The van der Waals surface area contributed by atoms with E-state index in [1.54, 1.807) is 24.5 Å². The first-order valence-electron chi connectivity index (χ1n) is 13.3. The number of aromatic hydroxyl groups is 1. The van der Waals surface area contributed by atoms with Crippen LogP contribution in [-0.4, -0.2) is 57.0 Å². The Morgan fingerprint density at radius 3 is 2.76 bits per heavy atom. The van der Waals surface area contributed by atoms with Crippen LogP contribution in [0.4, 0.5) is 5.82 Å². The number of carbonyl (C=O) groups is 1. The second-order valence-electron chi connectivity index (χ2n) is 12.2. The van der Waals surface area contributed by atoms with Gasteiger partial charge in [-0.05, 0) is 48.3 Å². The van der Waals surface area contributed by atoms with E-state index in [-0.39, 0.29) is 22.5 Å². The molecule has 1 saturated carbocycles. The molecule has 8 rings (SSSR count). The molecule has 1 aromatic carbocycles. The summed E-state index contributed by atoms with van der Waals surface area (Å²) in [6.45, 7) is 11.2. The SMILES string of the molecule is C=CC(=O)N1CC2(CCN(c3nc4c(c(-c5cc(O)cc6nccnc56)c3C#N)C[C@H]3C[C@@H]4C3(C)C)C2)C1. The zero-order valence-corrected chi connectivity index (χ0v) is 21.7. The van der Waals surface area contributed by atoms with Crippen molar-refractivity contribution in [2.24, 2.45) is 16.7 Å². The lowest BCUT2D eigenvalue weighted by Gasteiger charge is -2.57. The number of nitriles is 1. The summed E-state index contributed by atoms with van der Waals surface area (Å²) in [4.78, 5) is 30.5. The van der Waals surface area contributed by atoms with E-state index in [4.69, 9.17) is 4.98 Å². The van der Waals surface area contributed by atoms with E-state index in [1.165, 1.54) is 6.08 Å². The third kappa shape index (κ3) is 3.08. The van der Waals surface area contributed by atoms with E-state index in [0.29, 0.717) is 47.3 Å². The van der Waals surface area contributed by atoms with Crippen LogP contribution in [0, 0.1) is 28.1 Å². The van der Waals surface area contributed by atoms with Crippen molar-refractivity contribution >= 4 is 22.8 Å². The van der Waals surface area contributed by atoms with Crippen LogP contribution in [0.3, 0.4) is 0 Å². The van der Waals surface area contributed by atoms with Crippen molar-refractivity contribution in [1.82, 2.24) is 19.9 Å². The molecule has 1 N–H and O–H groups in total. The molecular formula is C30H30N6O2. The third-order valence-electron chi connectivity index (χ3n) is 9.78. The van der Waals surface area contributed by atoms with Crippen LogP contribution < -0.4 is 4.90 Å². The number of carbonyl (C=O) groups excluding carboxylic acids is 1. The molecule has 8 heteroatoms. The van der Waals surface area contributed by atoms with Gasteiger partial charge in [0.25, 0.3) is 0 Å². The van der Waals surface area contributed by atoms with Crippen molar-refractivity contribution in [3.8, 4) is 22.9 Å². The molecule has 2 aromatic heterocycles. The predicted molar refractivity (Wildman–Crippen MR) is 144 cm³/mol. The first-order chi connectivity index (χ1) is 18.2. The van der Waals surface area contributed by atoms with Crippen molar-refractivity contribution < 1.29 is 9.90 Å². The van der Waals surface area contributed by atoms with E-state index in [2.05, 4.69) is 41.4 Å². The second-order valence-corrected chi connectivity index (χ2v) is 12.2. The molecule has 1 spiro atoms. The molecule has 5 aliphatic rings. The number of hydrogen-bond donors (Lipinski definition) is 1. The summed E-state index contributed by atoms with van der Waals surface area (Å²) >= 11 is 0. The van der Waals surface area contributed by atoms with Gasteiger partial charge in [-0.25, -0.2) is 4.98 Å². The minimum atomic E-state index is -0.0281. The number of fused-ring (bicyclic) bond motifs is 1. The fourth-order valence-corrected chi connectivity index (χ4v) is 7.50. The van der Waals surface area contributed by atoms with E-state index < -0.39 is 0 Å². The minimum absolute atomic E-state index is 0.0210. The van der Waals surface area contributed by atoms with Crippen molar-refractivity contribution in [1.29, 1.82) is 5.26 Å². The van der Waals surface area contributed by atoms with Crippen LogP contribution in [0.2, 0.25) is 0 Å². The van der Waals surface area contributed by atoms with E-state index in [1.807, 2.05) is 4.90 Å². The number of amides is 1. The molecule has 8 nitrogen and oxygen atoms in total. The Morgan fingerprint density at radius 2 is 2.03 bits per heavy atom. The molecule has 3 fully saturated rings. The molecule has 192 valence electrons. The van der Waals surface area contributed by atoms with Crippen LogP contribution in [0.25, 0.3) is 22.2 Å². The summed E-state index contributed by atoms with van der Waals surface area (Å²) in [5, 5.41) is 21.3. The third-order valence-corrected chi connectivity index (χ3v) is 9.78. The number of hydrogen-bond acceptors (Lipinski definition) is 7. The smallest absolute Gasteiger partial charge is 0.245 e. The lowest BCUT2D eigenvalue weighted by atomic mass is 9.48. The van der Waals surface area contributed by atoms with E-state index >= 15 is 0 Å². The molecule has 3 aromatic rings. The largest absolute Gasteiger partial charge is 0.508 e. The summed E-state index contributed by atoms with van der Waals surface area (Å²) in [6.07, 6.45) is 7.56. The zero-order valence-electron chi connectivity index (χ0n) is 21.7. The molecule has 2 bridgehead atoms. The molecule has 3 aliphatic carbocycles. The van der Waals surface area contributed by atoms with Gasteiger partial charge in [0.2, 0.25) is 5.91 Å². The molecular weight excluding hydrogens is 476 g/mol. The van der Waals surface area contributed by atoms with Crippen molar-refractivity contribution in [2.75, 3.05) is 31.1 Å². The molecule has 2 saturated heterocycles. The molecule has 0 radical (unpaired) electrons. The Kier molecular flexibility index (Phi) is 4.73. The average molecular weight is 507 g/mol. The maximum absolute atomic E-state index is 12.1. The highest BCUT2D eigenvalue weighted by molar-refractivity contribution is 5.97. The number of rotatable bonds is 3. The van der Waals surface area contributed by atoms with Crippen molar-refractivity contribution in [3.05, 3.63) is 54.0 Å². The first-order valence-corrected chi connectivity index (χ1v) is 13.3. The zero-order chi connectivity index (χ0) is 26.4. The summed E-state index contributed by atoms with van der Waals surface area (Å²) < 4.78 is 0. The minimum Gasteiger partial charge on any atom is -0.508 e. The van der Waals surface area contributed by atoms with Crippen LogP contribution in [0.1, 0.15) is 49.4 Å². The number of nitrogens with zero attached hydrogens (tertiary/aromatic N) is 6. The normalized spacial score (nSPS) is 23.9. The van der Waals surface area contributed by atoms with E-state index in [9.17, 15) is 15.2 Å². The Labute approximate surface area is 221 Å². The lowest BCUT2D eigenvalue weighted by Crippen LogP contribution is -2.59. The Hall–Kier alpha value is -3.99. The molecule has 1 amide bonds. The number of anilines is 1. The number of benzene rings is 1. The average Bonchev–Trinajstić information content (AvgIpc) is 3.35. The number of pyridine rings is 1. The maximum atomic E-state index is 12.1.